The molecule has 1 aliphatic heterocycles. The number of aromatic carboxylic acids is 1. The number of aliphatic hydroxyl groups is 1. The number of carbonyl (C=O) groups is 1. The second-order valence-corrected chi connectivity index (χ2v) is 8.37. The molecule has 1 aliphatic rings. The Kier molecular flexibility index (Phi) is 7.27. The average molecular weight is 448 g/mol. The number of benzene rings is 3. The van der Waals surface area contributed by atoms with Crippen LogP contribution in [0.5, 0.6) is 11.5 Å². The second-order valence-electron chi connectivity index (χ2n) is 8.37. The van der Waals surface area contributed by atoms with Gasteiger partial charge in [-0.15, -0.1) is 0 Å². The van der Waals surface area contributed by atoms with Crippen LogP contribution in [0.4, 0.5) is 0 Å². The van der Waals surface area contributed by atoms with E-state index in [0.29, 0.717) is 13.1 Å². The number of aryl methyl sites for hydroxylation is 2. The van der Waals surface area contributed by atoms with Gasteiger partial charge in [0, 0.05) is 13.1 Å². The summed E-state index contributed by atoms with van der Waals surface area (Å²) in [7, 11) is 0. The number of carboxylic acid groups (broad SMARTS) is 1. The van der Waals surface area contributed by atoms with Crippen LogP contribution in [-0.2, 0) is 6.42 Å². The number of para-hydroxylation sites is 1. The number of nitrogens with one attached hydrogen (secondary N) is 1. The Morgan fingerprint density at radius 3 is 2.64 bits per heavy atom. The van der Waals surface area contributed by atoms with Crippen molar-refractivity contribution in [2.45, 2.75) is 32.0 Å². The highest BCUT2D eigenvalue weighted by Gasteiger charge is 2.20. The number of fused-ring (bicyclic) bond motifs is 1. The minimum absolute atomic E-state index is 0.0442. The largest absolute Gasteiger partial charge is 0.491 e. The van der Waals surface area contributed by atoms with E-state index >= 15 is 0 Å². The Labute approximate surface area is 193 Å². The first-order chi connectivity index (χ1) is 16.0. The minimum atomic E-state index is -0.925. The molecule has 0 saturated heterocycles. The summed E-state index contributed by atoms with van der Waals surface area (Å²) >= 11 is 0. The lowest BCUT2D eigenvalue weighted by atomic mass is 9.96. The zero-order valence-corrected chi connectivity index (χ0v) is 18.7. The maximum Gasteiger partial charge on any atom is 0.335 e. The van der Waals surface area contributed by atoms with Crippen molar-refractivity contribution >= 4 is 5.97 Å². The summed E-state index contributed by atoms with van der Waals surface area (Å²) in [4.78, 5) is 11.0. The predicted molar refractivity (Wildman–Crippen MR) is 127 cm³/mol. The fourth-order valence-electron chi connectivity index (χ4n) is 3.95. The predicted octanol–water partition coefficient (Wildman–Crippen LogP) is 4.08. The van der Waals surface area contributed by atoms with Gasteiger partial charge in [-0.2, -0.15) is 0 Å². The van der Waals surface area contributed by atoms with Crippen molar-refractivity contribution in [3.05, 3.63) is 83.4 Å². The van der Waals surface area contributed by atoms with Crippen molar-refractivity contribution in [2.24, 2.45) is 0 Å². The Balaban J connectivity index is 1.25. The van der Waals surface area contributed by atoms with E-state index in [2.05, 4.69) is 11.4 Å². The van der Waals surface area contributed by atoms with Crippen LogP contribution in [0.15, 0.2) is 66.7 Å². The van der Waals surface area contributed by atoms with Gasteiger partial charge in [-0.1, -0.05) is 36.4 Å². The van der Waals surface area contributed by atoms with Gasteiger partial charge < -0.3 is 25.0 Å². The summed E-state index contributed by atoms with van der Waals surface area (Å²) in [5.74, 6) is 0.745. The van der Waals surface area contributed by atoms with Gasteiger partial charge in [0.05, 0.1) is 5.56 Å². The van der Waals surface area contributed by atoms with E-state index in [1.807, 2.05) is 55.5 Å². The number of hydrogen-bond acceptors (Lipinski definition) is 5. The fraction of sp³-hybridized carbons (Fsp3) is 0.296. The molecule has 0 fully saturated rings. The third-order valence-electron chi connectivity index (χ3n) is 5.83. The summed E-state index contributed by atoms with van der Waals surface area (Å²) in [5, 5.41) is 22.6. The van der Waals surface area contributed by atoms with Crippen molar-refractivity contribution in [2.75, 3.05) is 19.7 Å². The van der Waals surface area contributed by atoms with Crippen LogP contribution >= 0.6 is 0 Å². The van der Waals surface area contributed by atoms with Gasteiger partial charge in [0.15, 0.2) is 0 Å². The normalized spacial score (nSPS) is 15.9. The average Bonchev–Trinajstić information content (AvgIpc) is 2.83. The van der Waals surface area contributed by atoms with Gasteiger partial charge >= 0.3 is 5.97 Å². The Bertz CT molecular complexity index is 1100. The summed E-state index contributed by atoms with van der Waals surface area (Å²) < 4.78 is 11.9. The second kappa shape index (κ2) is 10.5. The zero-order valence-electron chi connectivity index (χ0n) is 18.7. The standard InChI is InChI=1S/C27H29NO5/c1-18-4-2-3-5-25(18)32-17-23(29)15-28-16-24-12-10-22-14-21(11-13-26(22)33-24)19-6-8-20(9-7-19)27(30)31/h2-9,11,13-14,23-24,28-29H,10,12,15-17H2,1H3,(H,30,31)/t23?,24-/m1/s1. The smallest absolute Gasteiger partial charge is 0.335 e. The third-order valence-corrected chi connectivity index (χ3v) is 5.83. The first-order valence-electron chi connectivity index (χ1n) is 11.2. The highest BCUT2D eigenvalue weighted by Crippen LogP contribution is 2.32. The first kappa shape index (κ1) is 22.8. The van der Waals surface area contributed by atoms with Crippen LogP contribution < -0.4 is 14.8 Å². The van der Waals surface area contributed by atoms with E-state index in [0.717, 1.165) is 46.6 Å². The minimum Gasteiger partial charge on any atom is -0.491 e. The number of carboxylic acids is 1. The van der Waals surface area contributed by atoms with E-state index in [1.165, 1.54) is 0 Å². The lowest BCUT2D eigenvalue weighted by Gasteiger charge is -2.27. The van der Waals surface area contributed by atoms with Crippen molar-refractivity contribution in [3.63, 3.8) is 0 Å². The van der Waals surface area contributed by atoms with Crippen LogP contribution in [0.25, 0.3) is 11.1 Å². The van der Waals surface area contributed by atoms with Crippen molar-refractivity contribution < 1.29 is 24.5 Å². The van der Waals surface area contributed by atoms with Crippen LogP contribution in [0.2, 0.25) is 0 Å². The van der Waals surface area contributed by atoms with Gasteiger partial charge in [-0.3, -0.25) is 0 Å². The SMILES string of the molecule is Cc1ccccc1OCC(O)CNC[C@H]1CCc2cc(-c3ccc(C(=O)O)cc3)ccc2O1. The van der Waals surface area contributed by atoms with Crippen LogP contribution in [0.3, 0.4) is 0 Å². The lowest BCUT2D eigenvalue weighted by molar-refractivity contribution is 0.0697. The molecule has 6 heteroatoms. The Hall–Kier alpha value is -3.35. The molecule has 0 aliphatic carbocycles. The molecule has 3 N–H and O–H groups in total. The van der Waals surface area contributed by atoms with E-state index in [1.54, 1.807) is 12.1 Å². The van der Waals surface area contributed by atoms with Gasteiger partial charge in [0.2, 0.25) is 0 Å². The van der Waals surface area contributed by atoms with E-state index in [4.69, 9.17) is 14.6 Å². The Morgan fingerprint density at radius 1 is 1.12 bits per heavy atom. The topological polar surface area (TPSA) is 88.0 Å². The maximum atomic E-state index is 11.0. The molecular formula is C27H29NO5. The molecule has 0 radical (unpaired) electrons. The van der Waals surface area contributed by atoms with E-state index in [-0.39, 0.29) is 18.3 Å². The van der Waals surface area contributed by atoms with Crippen LogP contribution in [0, 0.1) is 6.92 Å². The number of aliphatic hydroxyl groups excluding tert-OH is 1. The maximum absolute atomic E-state index is 11.0. The molecule has 4 rings (SSSR count). The molecule has 3 aromatic rings. The zero-order chi connectivity index (χ0) is 23.2. The number of rotatable bonds is 9. The molecule has 0 aromatic heterocycles. The van der Waals surface area contributed by atoms with Crippen LogP contribution in [0.1, 0.15) is 27.9 Å². The molecule has 3 aromatic carbocycles. The third kappa shape index (κ3) is 5.92. The van der Waals surface area contributed by atoms with Crippen molar-refractivity contribution in [1.29, 1.82) is 0 Å². The summed E-state index contributed by atoms with van der Waals surface area (Å²) in [5.41, 5.74) is 4.50. The van der Waals surface area contributed by atoms with Crippen LogP contribution in [-0.4, -0.2) is 48.1 Å². The molecule has 0 spiro atoms. The molecule has 6 nitrogen and oxygen atoms in total. The monoisotopic (exact) mass is 447 g/mol. The summed E-state index contributed by atoms with van der Waals surface area (Å²) in [6, 6.07) is 20.8. The molecule has 33 heavy (non-hydrogen) atoms. The molecule has 0 bridgehead atoms. The van der Waals surface area contributed by atoms with Gasteiger partial charge in [0.25, 0.3) is 0 Å². The molecule has 1 unspecified atom stereocenters. The van der Waals surface area contributed by atoms with Crippen molar-refractivity contribution in [3.8, 4) is 22.6 Å². The number of hydrogen-bond donors (Lipinski definition) is 3. The highest BCUT2D eigenvalue weighted by atomic mass is 16.5. The van der Waals surface area contributed by atoms with Gasteiger partial charge in [-0.25, -0.2) is 4.79 Å². The molecule has 2 atom stereocenters. The van der Waals surface area contributed by atoms with Gasteiger partial charge in [-0.05, 0) is 72.4 Å². The van der Waals surface area contributed by atoms with E-state index < -0.39 is 12.1 Å². The molecular weight excluding hydrogens is 418 g/mol. The van der Waals surface area contributed by atoms with Gasteiger partial charge in [0.1, 0.15) is 30.3 Å². The summed E-state index contributed by atoms with van der Waals surface area (Å²) in [6.45, 7) is 3.31. The first-order valence-corrected chi connectivity index (χ1v) is 11.2. The molecule has 172 valence electrons. The molecule has 0 saturated carbocycles. The molecule has 1 heterocycles. The quantitative estimate of drug-likeness (QED) is 0.458. The van der Waals surface area contributed by atoms with Crippen molar-refractivity contribution in [1.82, 2.24) is 5.32 Å². The lowest BCUT2D eigenvalue weighted by Crippen LogP contribution is -2.39. The fourth-order valence-corrected chi connectivity index (χ4v) is 3.95. The summed E-state index contributed by atoms with van der Waals surface area (Å²) in [6.07, 6.45) is 1.23. The van der Waals surface area contributed by atoms with E-state index in [9.17, 15) is 9.90 Å². The highest BCUT2D eigenvalue weighted by molar-refractivity contribution is 5.88. The Morgan fingerprint density at radius 2 is 1.88 bits per heavy atom. The number of ether oxygens (including phenoxy) is 2. The molecule has 0 amide bonds.